The van der Waals surface area contributed by atoms with E-state index in [9.17, 15) is 10.1 Å². The number of nitro benzene ring substituents is 1. The highest BCUT2D eigenvalue weighted by Crippen LogP contribution is 2.35. The SMILES string of the molecule is C[Si](C)(C)CCOCn1ncc2ccc(Nc3ccc4ccccc4c3[N+](=O)[O-])cc21. The molecule has 0 spiro atoms. The number of hydrogen-bond acceptors (Lipinski definition) is 5. The van der Waals surface area contributed by atoms with Gasteiger partial charge in [0.25, 0.3) is 5.69 Å². The summed E-state index contributed by atoms with van der Waals surface area (Å²) in [6, 6.07) is 17.9. The number of hydrogen-bond donors (Lipinski definition) is 1. The second-order valence-electron chi connectivity index (χ2n) is 8.83. The van der Waals surface area contributed by atoms with E-state index in [0.717, 1.165) is 34.6 Å². The molecule has 0 radical (unpaired) electrons. The molecule has 0 saturated carbocycles. The Morgan fingerprint density at radius 1 is 1.10 bits per heavy atom. The van der Waals surface area contributed by atoms with Gasteiger partial charge in [0.2, 0.25) is 0 Å². The summed E-state index contributed by atoms with van der Waals surface area (Å²) in [6.45, 7) is 8.07. The normalized spacial score (nSPS) is 11.8. The minimum atomic E-state index is -1.14. The first-order valence-corrected chi connectivity index (χ1v) is 14.0. The molecule has 8 heteroatoms. The zero-order valence-corrected chi connectivity index (χ0v) is 19.0. The first-order chi connectivity index (χ1) is 14.8. The summed E-state index contributed by atoms with van der Waals surface area (Å²) in [5.74, 6) is 0. The molecule has 0 fully saturated rings. The van der Waals surface area contributed by atoms with Crippen LogP contribution < -0.4 is 5.32 Å². The lowest BCUT2D eigenvalue weighted by Gasteiger charge is -2.15. The number of benzene rings is 3. The van der Waals surface area contributed by atoms with Gasteiger partial charge in [0, 0.05) is 25.8 Å². The maximum Gasteiger partial charge on any atom is 0.300 e. The molecule has 0 atom stereocenters. The fourth-order valence-electron chi connectivity index (χ4n) is 3.49. The maximum absolute atomic E-state index is 11.8. The Bertz CT molecular complexity index is 1250. The lowest BCUT2D eigenvalue weighted by atomic mass is 10.1. The molecule has 0 bridgehead atoms. The van der Waals surface area contributed by atoms with Gasteiger partial charge in [-0.05, 0) is 41.8 Å². The second-order valence-corrected chi connectivity index (χ2v) is 14.5. The highest BCUT2D eigenvalue weighted by molar-refractivity contribution is 6.76. The molecule has 0 aliphatic carbocycles. The number of rotatable bonds is 8. The predicted octanol–water partition coefficient (Wildman–Crippen LogP) is 6.15. The molecule has 1 aromatic heterocycles. The lowest BCUT2D eigenvalue weighted by molar-refractivity contribution is -0.382. The van der Waals surface area contributed by atoms with Crippen molar-refractivity contribution in [3.8, 4) is 0 Å². The van der Waals surface area contributed by atoms with Crippen LogP contribution in [0.2, 0.25) is 25.7 Å². The van der Waals surface area contributed by atoms with E-state index in [4.69, 9.17) is 4.74 Å². The summed E-state index contributed by atoms with van der Waals surface area (Å²) in [7, 11) is -1.14. The van der Waals surface area contributed by atoms with Crippen LogP contribution in [0.3, 0.4) is 0 Å². The molecule has 0 saturated heterocycles. The van der Waals surface area contributed by atoms with Gasteiger partial charge < -0.3 is 10.1 Å². The molecule has 1 N–H and O–H groups in total. The van der Waals surface area contributed by atoms with Crippen LogP contribution in [-0.2, 0) is 11.5 Å². The van der Waals surface area contributed by atoms with Crippen molar-refractivity contribution in [2.24, 2.45) is 0 Å². The molecule has 4 aromatic rings. The third-order valence-electron chi connectivity index (χ3n) is 5.22. The third kappa shape index (κ3) is 4.75. The number of fused-ring (bicyclic) bond motifs is 2. The Hall–Kier alpha value is -3.23. The molecular weight excluding hydrogens is 408 g/mol. The van der Waals surface area contributed by atoms with Gasteiger partial charge >= 0.3 is 0 Å². The summed E-state index contributed by atoms with van der Waals surface area (Å²) in [4.78, 5) is 11.5. The summed E-state index contributed by atoms with van der Waals surface area (Å²) in [5.41, 5.74) is 2.21. The second kappa shape index (κ2) is 8.48. The molecule has 1 heterocycles. The summed E-state index contributed by atoms with van der Waals surface area (Å²) in [6.07, 6.45) is 1.81. The van der Waals surface area contributed by atoms with Crippen molar-refractivity contribution in [3.63, 3.8) is 0 Å². The smallest absolute Gasteiger partial charge is 0.300 e. The number of anilines is 2. The van der Waals surface area contributed by atoms with Gasteiger partial charge in [-0.15, -0.1) is 0 Å². The molecule has 0 unspecified atom stereocenters. The van der Waals surface area contributed by atoms with E-state index in [2.05, 4.69) is 30.1 Å². The van der Waals surface area contributed by atoms with Crippen molar-refractivity contribution in [2.75, 3.05) is 11.9 Å². The minimum absolute atomic E-state index is 0.0707. The zero-order valence-electron chi connectivity index (χ0n) is 18.0. The monoisotopic (exact) mass is 434 g/mol. The number of ether oxygens (including phenoxy) is 1. The van der Waals surface area contributed by atoms with Crippen molar-refractivity contribution >= 4 is 46.8 Å². The quantitative estimate of drug-likeness (QED) is 0.156. The lowest BCUT2D eigenvalue weighted by Crippen LogP contribution is -2.22. The van der Waals surface area contributed by atoms with Crippen LogP contribution in [0, 0.1) is 10.1 Å². The van der Waals surface area contributed by atoms with Gasteiger partial charge in [0.15, 0.2) is 0 Å². The average Bonchev–Trinajstić information content (AvgIpc) is 3.12. The van der Waals surface area contributed by atoms with Gasteiger partial charge in [0.05, 0.1) is 22.0 Å². The maximum atomic E-state index is 11.8. The summed E-state index contributed by atoms with van der Waals surface area (Å²) >= 11 is 0. The third-order valence-corrected chi connectivity index (χ3v) is 6.92. The molecule has 31 heavy (non-hydrogen) atoms. The Balaban J connectivity index is 1.60. The van der Waals surface area contributed by atoms with E-state index >= 15 is 0 Å². The van der Waals surface area contributed by atoms with Crippen LogP contribution in [0.5, 0.6) is 0 Å². The van der Waals surface area contributed by atoms with Crippen LogP contribution in [0.25, 0.3) is 21.7 Å². The first kappa shape index (κ1) is 21.0. The number of nitrogens with zero attached hydrogens (tertiary/aromatic N) is 3. The van der Waals surface area contributed by atoms with Crippen LogP contribution in [0.15, 0.2) is 60.8 Å². The average molecular weight is 435 g/mol. The van der Waals surface area contributed by atoms with Gasteiger partial charge in [-0.3, -0.25) is 10.1 Å². The van der Waals surface area contributed by atoms with Crippen molar-refractivity contribution < 1.29 is 9.66 Å². The highest BCUT2D eigenvalue weighted by atomic mass is 28.3. The molecule has 0 amide bonds. The van der Waals surface area contributed by atoms with Gasteiger partial charge in [-0.25, -0.2) is 4.68 Å². The molecule has 0 aliphatic heterocycles. The Morgan fingerprint density at radius 2 is 1.87 bits per heavy atom. The van der Waals surface area contributed by atoms with Crippen LogP contribution in [-0.4, -0.2) is 29.4 Å². The van der Waals surface area contributed by atoms with Crippen molar-refractivity contribution in [2.45, 2.75) is 32.4 Å². The molecule has 0 aliphatic rings. The highest BCUT2D eigenvalue weighted by Gasteiger charge is 2.19. The van der Waals surface area contributed by atoms with Gasteiger partial charge in [-0.1, -0.05) is 43.9 Å². The van der Waals surface area contributed by atoms with Crippen LogP contribution in [0.4, 0.5) is 17.1 Å². The van der Waals surface area contributed by atoms with Crippen molar-refractivity contribution in [1.82, 2.24) is 9.78 Å². The Kier molecular flexibility index (Phi) is 5.75. The van der Waals surface area contributed by atoms with Gasteiger partial charge in [-0.2, -0.15) is 5.10 Å². The molecule has 3 aromatic carbocycles. The molecule has 4 rings (SSSR count). The van der Waals surface area contributed by atoms with Gasteiger partial charge in [0.1, 0.15) is 12.4 Å². The first-order valence-electron chi connectivity index (χ1n) is 10.3. The number of aromatic nitrogens is 2. The van der Waals surface area contributed by atoms with E-state index in [-0.39, 0.29) is 10.6 Å². The minimum Gasteiger partial charge on any atom is -0.360 e. The van der Waals surface area contributed by atoms with E-state index in [1.165, 1.54) is 0 Å². The van der Waals surface area contributed by atoms with Crippen LogP contribution >= 0.6 is 0 Å². The van der Waals surface area contributed by atoms with Crippen molar-refractivity contribution in [1.29, 1.82) is 0 Å². The molecule has 160 valence electrons. The fraction of sp³-hybridized carbons (Fsp3) is 0.261. The van der Waals surface area contributed by atoms with E-state index in [1.54, 1.807) is 18.3 Å². The molecular formula is C23H26N4O3Si. The Morgan fingerprint density at radius 3 is 2.65 bits per heavy atom. The topological polar surface area (TPSA) is 82.2 Å². The van der Waals surface area contributed by atoms with E-state index in [1.807, 2.05) is 47.1 Å². The largest absolute Gasteiger partial charge is 0.360 e. The Labute approximate surface area is 181 Å². The summed E-state index contributed by atoms with van der Waals surface area (Å²) < 4.78 is 7.66. The van der Waals surface area contributed by atoms with E-state index < -0.39 is 8.07 Å². The predicted molar refractivity (Wildman–Crippen MR) is 128 cm³/mol. The molecule has 7 nitrogen and oxygen atoms in total. The van der Waals surface area contributed by atoms with Crippen LogP contribution in [0.1, 0.15) is 0 Å². The number of nitrogens with one attached hydrogen (secondary N) is 1. The summed E-state index contributed by atoms with van der Waals surface area (Å²) in [5, 5.41) is 21.9. The number of nitro groups is 1. The fourth-order valence-corrected chi connectivity index (χ4v) is 4.25. The van der Waals surface area contributed by atoms with E-state index in [0.29, 0.717) is 17.8 Å². The zero-order chi connectivity index (χ0) is 22.0. The van der Waals surface area contributed by atoms with Crippen molar-refractivity contribution in [3.05, 3.63) is 70.9 Å². The standard InChI is InChI=1S/C23H26N4O3Si/c1-31(2,3)13-12-30-16-26-22-14-19(10-8-18(22)15-24-26)25-21-11-9-17-6-4-5-7-20(17)23(21)27(28)29/h4-11,14-15,25H,12-13,16H2,1-3H3.